The standard InChI is InChI=1S/C12H10F2O3/c1-6-2-3-8-7(4-6)5-12(9(8)15,10(13)14)11(16)17/h2-4,10H,5H2,1H3,(H,16,17). The average Bonchev–Trinajstić information content (AvgIpc) is 2.52. The van der Waals surface area contributed by atoms with Crippen LogP contribution in [0, 0.1) is 12.3 Å². The van der Waals surface area contributed by atoms with E-state index in [1.807, 2.05) is 0 Å². The van der Waals surface area contributed by atoms with Crippen LogP contribution in [-0.2, 0) is 11.2 Å². The number of carboxylic acids is 1. The second-order valence-electron chi connectivity index (χ2n) is 4.24. The maximum atomic E-state index is 13.0. The predicted octanol–water partition coefficient (Wildman–Crippen LogP) is 2.07. The Balaban J connectivity index is 2.59. The Morgan fingerprint density at radius 3 is 2.65 bits per heavy atom. The Morgan fingerprint density at radius 1 is 1.47 bits per heavy atom. The minimum atomic E-state index is -3.21. The third kappa shape index (κ3) is 1.45. The first kappa shape index (κ1) is 11.7. The van der Waals surface area contributed by atoms with Gasteiger partial charge < -0.3 is 5.11 Å². The number of carbonyl (C=O) groups is 2. The molecule has 2 rings (SSSR count). The van der Waals surface area contributed by atoms with Crippen molar-refractivity contribution in [1.82, 2.24) is 0 Å². The van der Waals surface area contributed by atoms with Gasteiger partial charge in [0.2, 0.25) is 0 Å². The molecule has 0 heterocycles. The maximum absolute atomic E-state index is 13.0. The van der Waals surface area contributed by atoms with Crippen molar-refractivity contribution in [2.45, 2.75) is 19.8 Å². The smallest absolute Gasteiger partial charge is 0.323 e. The molecule has 1 unspecified atom stereocenters. The third-order valence-corrected chi connectivity index (χ3v) is 3.13. The van der Waals surface area contributed by atoms with Gasteiger partial charge in [0.15, 0.2) is 11.2 Å². The molecule has 1 atom stereocenters. The van der Waals surface area contributed by atoms with Crippen LogP contribution in [0.3, 0.4) is 0 Å². The number of aryl methyl sites for hydroxylation is 1. The minimum absolute atomic E-state index is 0.0956. The second-order valence-corrected chi connectivity index (χ2v) is 4.24. The number of Topliss-reactive ketones (excluding diaryl/α,β-unsaturated/α-hetero) is 1. The van der Waals surface area contributed by atoms with E-state index in [1.165, 1.54) is 6.07 Å². The molecule has 17 heavy (non-hydrogen) atoms. The van der Waals surface area contributed by atoms with Gasteiger partial charge in [0, 0.05) is 12.0 Å². The molecule has 0 bridgehead atoms. The monoisotopic (exact) mass is 240 g/mol. The van der Waals surface area contributed by atoms with Crippen LogP contribution in [0.4, 0.5) is 8.78 Å². The minimum Gasteiger partial charge on any atom is -0.480 e. The molecule has 0 saturated heterocycles. The van der Waals surface area contributed by atoms with E-state index in [0.29, 0.717) is 5.56 Å². The molecule has 1 aromatic rings. The van der Waals surface area contributed by atoms with Crippen molar-refractivity contribution in [3.8, 4) is 0 Å². The van der Waals surface area contributed by atoms with Gasteiger partial charge in [0.05, 0.1) is 0 Å². The summed E-state index contributed by atoms with van der Waals surface area (Å²) in [6, 6.07) is 4.61. The molecule has 1 aliphatic carbocycles. The predicted molar refractivity (Wildman–Crippen MR) is 55.3 cm³/mol. The third-order valence-electron chi connectivity index (χ3n) is 3.13. The zero-order valence-electron chi connectivity index (χ0n) is 9.04. The number of alkyl halides is 2. The van der Waals surface area contributed by atoms with E-state index in [4.69, 9.17) is 5.11 Å². The number of carboxylic acid groups (broad SMARTS) is 1. The van der Waals surface area contributed by atoms with Crippen LogP contribution in [0.25, 0.3) is 0 Å². The molecule has 1 aliphatic rings. The van der Waals surface area contributed by atoms with Crippen molar-refractivity contribution < 1.29 is 23.5 Å². The molecule has 0 spiro atoms. The number of carbonyl (C=O) groups excluding carboxylic acids is 1. The molecular weight excluding hydrogens is 230 g/mol. The summed E-state index contributed by atoms with van der Waals surface area (Å²) < 4.78 is 25.9. The number of fused-ring (bicyclic) bond motifs is 1. The van der Waals surface area contributed by atoms with E-state index >= 15 is 0 Å². The first-order chi connectivity index (χ1) is 7.89. The highest BCUT2D eigenvalue weighted by Gasteiger charge is 2.58. The van der Waals surface area contributed by atoms with E-state index in [0.717, 1.165) is 5.56 Å². The molecule has 0 saturated carbocycles. The Bertz CT molecular complexity index is 510. The topological polar surface area (TPSA) is 54.4 Å². The molecule has 3 nitrogen and oxygen atoms in total. The summed E-state index contributed by atoms with van der Waals surface area (Å²) in [5.74, 6) is -2.75. The molecule has 0 radical (unpaired) electrons. The molecule has 5 heteroatoms. The van der Waals surface area contributed by atoms with Crippen molar-refractivity contribution in [3.63, 3.8) is 0 Å². The molecule has 1 aromatic carbocycles. The molecule has 0 aliphatic heterocycles. The number of hydrogen-bond acceptors (Lipinski definition) is 2. The van der Waals surface area contributed by atoms with Gasteiger partial charge in [-0.05, 0) is 12.5 Å². The summed E-state index contributed by atoms with van der Waals surface area (Å²) in [7, 11) is 0. The highest BCUT2D eigenvalue weighted by atomic mass is 19.3. The second kappa shape index (κ2) is 3.61. The van der Waals surface area contributed by atoms with Gasteiger partial charge in [-0.3, -0.25) is 9.59 Å². The summed E-state index contributed by atoms with van der Waals surface area (Å²) in [5, 5.41) is 8.95. The van der Waals surface area contributed by atoms with Crippen LogP contribution in [0.1, 0.15) is 21.5 Å². The zero-order chi connectivity index (χ0) is 12.8. The fourth-order valence-corrected chi connectivity index (χ4v) is 2.15. The summed E-state index contributed by atoms with van der Waals surface area (Å²) in [6.07, 6.45) is -3.64. The van der Waals surface area contributed by atoms with Gasteiger partial charge >= 0.3 is 5.97 Å². The zero-order valence-corrected chi connectivity index (χ0v) is 9.04. The fourth-order valence-electron chi connectivity index (χ4n) is 2.15. The molecule has 0 aromatic heterocycles. The molecular formula is C12H10F2O3. The van der Waals surface area contributed by atoms with Crippen molar-refractivity contribution in [3.05, 3.63) is 34.9 Å². The molecule has 1 N–H and O–H groups in total. The van der Waals surface area contributed by atoms with Crippen LogP contribution >= 0.6 is 0 Å². The van der Waals surface area contributed by atoms with Gasteiger partial charge in [0.1, 0.15) is 0 Å². The van der Waals surface area contributed by atoms with Crippen molar-refractivity contribution >= 4 is 11.8 Å². The highest BCUT2D eigenvalue weighted by molar-refractivity contribution is 6.16. The highest BCUT2D eigenvalue weighted by Crippen LogP contribution is 2.42. The lowest BCUT2D eigenvalue weighted by Gasteiger charge is -2.20. The Hall–Kier alpha value is -1.78. The number of rotatable bonds is 2. The van der Waals surface area contributed by atoms with E-state index in [2.05, 4.69) is 0 Å². The van der Waals surface area contributed by atoms with E-state index in [-0.39, 0.29) is 5.56 Å². The maximum Gasteiger partial charge on any atom is 0.323 e. The largest absolute Gasteiger partial charge is 0.480 e. The molecule has 0 amide bonds. The number of benzene rings is 1. The number of halogens is 2. The van der Waals surface area contributed by atoms with Gasteiger partial charge in [0.25, 0.3) is 6.43 Å². The Labute approximate surface area is 96.1 Å². The SMILES string of the molecule is Cc1ccc2c(c1)CC(C(=O)O)(C(F)F)C2=O. The lowest BCUT2D eigenvalue weighted by molar-refractivity contribution is -0.153. The Morgan fingerprint density at radius 2 is 2.12 bits per heavy atom. The van der Waals surface area contributed by atoms with Gasteiger partial charge in [-0.25, -0.2) is 8.78 Å². The first-order valence-electron chi connectivity index (χ1n) is 5.05. The van der Waals surface area contributed by atoms with E-state index in [1.54, 1.807) is 19.1 Å². The van der Waals surface area contributed by atoms with Crippen LogP contribution in [0.15, 0.2) is 18.2 Å². The van der Waals surface area contributed by atoms with E-state index < -0.39 is 30.0 Å². The molecule has 0 fully saturated rings. The molecule has 90 valence electrons. The number of hydrogen-bond donors (Lipinski definition) is 1. The first-order valence-corrected chi connectivity index (χ1v) is 5.05. The summed E-state index contributed by atoms with van der Waals surface area (Å²) in [5.41, 5.74) is -1.31. The van der Waals surface area contributed by atoms with Crippen LogP contribution < -0.4 is 0 Å². The van der Waals surface area contributed by atoms with E-state index in [9.17, 15) is 18.4 Å². The van der Waals surface area contributed by atoms with Gasteiger partial charge in [-0.1, -0.05) is 23.8 Å². The number of aliphatic carboxylic acids is 1. The van der Waals surface area contributed by atoms with Gasteiger partial charge in [-0.2, -0.15) is 0 Å². The quantitative estimate of drug-likeness (QED) is 0.805. The summed E-state index contributed by atoms with van der Waals surface area (Å²) in [4.78, 5) is 22.9. The number of ketones is 1. The summed E-state index contributed by atoms with van der Waals surface area (Å²) in [6.45, 7) is 1.76. The lowest BCUT2D eigenvalue weighted by Crippen LogP contribution is -2.43. The van der Waals surface area contributed by atoms with Crippen molar-refractivity contribution in [1.29, 1.82) is 0 Å². The Kier molecular flexibility index (Phi) is 2.49. The van der Waals surface area contributed by atoms with Crippen molar-refractivity contribution in [2.24, 2.45) is 5.41 Å². The normalized spacial score (nSPS) is 22.9. The van der Waals surface area contributed by atoms with Gasteiger partial charge in [-0.15, -0.1) is 0 Å². The van der Waals surface area contributed by atoms with Crippen molar-refractivity contribution in [2.75, 3.05) is 0 Å². The lowest BCUT2D eigenvalue weighted by atomic mass is 9.84. The van der Waals surface area contributed by atoms with Crippen LogP contribution in [0.2, 0.25) is 0 Å². The fraction of sp³-hybridized carbons (Fsp3) is 0.333. The van der Waals surface area contributed by atoms with Crippen LogP contribution in [-0.4, -0.2) is 23.3 Å². The average molecular weight is 240 g/mol. The summed E-state index contributed by atoms with van der Waals surface area (Å²) >= 11 is 0. The van der Waals surface area contributed by atoms with Crippen LogP contribution in [0.5, 0.6) is 0 Å².